The largest absolute Gasteiger partial charge is 0.496 e. The maximum absolute atomic E-state index is 12.1. The molecular formula is C14H19NO4. The van der Waals surface area contributed by atoms with Gasteiger partial charge < -0.3 is 19.9 Å². The van der Waals surface area contributed by atoms with E-state index < -0.39 is 5.60 Å². The van der Waals surface area contributed by atoms with Gasteiger partial charge in [-0.2, -0.15) is 0 Å². The van der Waals surface area contributed by atoms with Gasteiger partial charge in [-0.1, -0.05) is 12.1 Å². The van der Waals surface area contributed by atoms with Crippen molar-refractivity contribution < 1.29 is 19.4 Å². The van der Waals surface area contributed by atoms with E-state index in [2.05, 4.69) is 5.32 Å². The van der Waals surface area contributed by atoms with Gasteiger partial charge in [0, 0.05) is 32.6 Å². The van der Waals surface area contributed by atoms with E-state index >= 15 is 0 Å². The average molecular weight is 265 g/mol. The lowest BCUT2D eigenvalue weighted by Gasteiger charge is -2.32. The fourth-order valence-corrected chi connectivity index (χ4v) is 2.10. The summed E-state index contributed by atoms with van der Waals surface area (Å²) in [4.78, 5) is 12.1. The first-order valence-corrected chi connectivity index (χ1v) is 6.36. The number of hydrogen-bond acceptors (Lipinski definition) is 4. The Hall–Kier alpha value is -1.59. The van der Waals surface area contributed by atoms with Crippen LogP contribution in [0.25, 0.3) is 0 Å². The maximum Gasteiger partial charge on any atom is 0.255 e. The van der Waals surface area contributed by atoms with Gasteiger partial charge in [0.2, 0.25) is 0 Å². The van der Waals surface area contributed by atoms with Crippen molar-refractivity contribution in [2.75, 3.05) is 26.9 Å². The average Bonchev–Trinajstić information content (AvgIpc) is 2.45. The molecule has 0 bridgehead atoms. The van der Waals surface area contributed by atoms with E-state index in [0.717, 1.165) is 0 Å². The van der Waals surface area contributed by atoms with Crippen LogP contribution in [0.15, 0.2) is 24.3 Å². The topological polar surface area (TPSA) is 67.8 Å². The van der Waals surface area contributed by atoms with Gasteiger partial charge in [-0.15, -0.1) is 0 Å². The minimum absolute atomic E-state index is 0.229. The van der Waals surface area contributed by atoms with Gasteiger partial charge in [-0.25, -0.2) is 0 Å². The lowest BCUT2D eigenvalue weighted by molar-refractivity contribution is -0.0605. The molecule has 5 heteroatoms. The lowest BCUT2D eigenvalue weighted by atomic mass is 9.94. The summed E-state index contributed by atoms with van der Waals surface area (Å²) in [6.07, 6.45) is 1.08. The first-order valence-electron chi connectivity index (χ1n) is 6.36. The first kappa shape index (κ1) is 13.8. The van der Waals surface area contributed by atoms with Gasteiger partial charge >= 0.3 is 0 Å². The van der Waals surface area contributed by atoms with Crippen molar-refractivity contribution in [1.82, 2.24) is 5.32 Å². The number of amides is 1. The molecule has 1 saturated heterocycles. The Morgan fingerprint density at radius 3 is 2.79 bits per heavy atom. The molecule has 2 rings (SSSR count). The Bertz CT molecular complexity index is 441. The number of carbonyl (C=O) groups is 1. The Balaban J connectivity index is 1.97. The normalized spacial score (nSPS) is 17.8. The molecule has 0 atom stereocenters. The highest BCUT2D eigenvalue weighted by molar-refractivity contribution is 5.96. The number of rotatable bonds is 4. The predicted octanol–water partition coefficient (Wildman–Crippen LogP) is 0.966. The number of ether oxygens (including phenoxy) is 2. The van der Waals surface area contributed by atoms with Crippen molar-refractivity contribution >= 4 is 5.91 Å². The molecule has 5 nitrogen and oxygen atoms in total. The maximum atomic E-state index is 12.1. The van der Waals surface area contributed by atoms with E-state index in [0.29, 0.717) is 37.4 Å². The van der Waals surface area contributed by atoms with Crippen molar-refractivity contribution in [2.45, 2.75) is 18.4 Å². The standard InChI is InChI=1S/C14H19NO4/c1-18-12-5-3-2-4-11(12)13(16)15-10-14(17)6-8-19-9-7-14/h2-5,17H,6-10H2,1H3,(H,15,16). The summed E-state index contributed by atoms with van der Waals surface area (Å²) in [5.74, 6) is 0.288. The zero-order valence-corrected chi connectivity index (χ0v) is 11.0. The zero-order valence-electron chi connectivity index (χ0n) is 11.0. The fraction of sp³-hybridized carbons (Fsp3) is 0.500. The molecule has 1 aromatic carbocycles. The Labute approximate surface area is 112 Å². The van der Waals surface area contributed by atoms with E-state index in [-0.39, 0.29) is 12.5 Å². The molecule has 0 radical (unpaired) electrons. The quantitative estimate of drug-likeness (QED) is 0.851. The van der Waals surface area contributed by atoms with Crippen LogP contribution in [0.2, 0.25) is 0 Å². The second kappa shape index (κ2) is 6.04. The molecule has 0 saturated carbocycles. The van der Waals surface area contributed by atoms with Crippen LogP contribution in [0.3, 0.4) is 0 Å². The summed E-state index contributed by atoms with van der Waals surface area (Å²) in [5.41, 5.74) is -0.392. The Morgan fingerprint density at radius 1 is 1.42 bits per heavy atom. The molecule has 1 amide bonds. The predicted molar refractivity (Wildman–Crippen MR) is 70.3 cm³/mol. The number of benzene rings is 1. The van der Waals surface area contributed by atoms with Crippen LogP contribution in [0.4, 0.5) is 0 Å². The summed E-state index contributed by atoms with van der Waals surface area (Å²) in [7, 11) is 1.53. The summed E-state index contributed by atoms with van der Waals surface area (Å²) in [6, 6.07) is 7.02. The first-order chi connectivity index (χ1) is 9.14. The SMILES string of the molecule is COc1ccccc1C(=O)NCC1(O)CCOCC1. The van der Waals surface area contributed by atoms with Crippen LogP contribution in [0, 0.1) is 0 Å². The summed E-state index contributed by atoms with van der Waals surface area (Å²) >= 11 is 0. The molecule has 0 aliphatic carbocycles. The highest BCUT2D eigenvalue weighted by atomic mass is 16.5. The third-order valence-electron chi connectivity index (χ3n) is 3.35. The van der Waals surface area contributed by atoms with Crippen LogP contribution in [0.1, 0.15) is 23.2 Å². The zero-order chi connectivity index (χ0) is 13.7. The van der Waals surface area contributed by atoms with Crippen molar-refractivity contribution in [3.8, 4) is 5.75 Å². The number of para-hydroxylation sites is 1. The number of aliphatic hydroxyl groups is 1. The van der Waals surface area contributed by atoms with Gasteiger partial charge in [0.25, 0.3) is 5.91 Å². The van der Waals surface area contributed by atoms with Crippen LogP contribution >= 0.6 is 0 Å². The van der Waals surface area contributed by atoms with E-state index in [1.54, 1.807) is 18.2 Å². The lowest BCUT2D eigenvalue weighted by Crippen LogP contribution is -2.46. The Morgan fingerprint density at radius 2 is 2.11 bits per heavy atom. The minimum atomic E-state index is -0.865. The van der Waals surface area contributed by atoms with E-state index in [9.17, 15) is 9.90 Å². The molecule has 1 heterocycles. The molecule has 2 N–H and O–H groups in total. The number of hydrogen-bond donors (Lipinski definition) is 2. The van der Waals surface area contributed by atoms with Crippen LogP contribution in [0.5, 0.6) is 5.75 Å². The molecule has 19 heavy (non-hydrogen) atoms. The molecule has 1 fully saturated rings. The van der Waals surface area contributed by atoms with Gasteiger partial charge in [-0.05, 0) is 12.1 Å². The summed E-state index contributed by atoms with van der Waals surface area (Å²) < 4.78 is 10.3. The van der Waals surface area contributed by atoms with E-state index in [4.69, 9.17) is 9.47 Å². The molecular weight excluding hydrogens is 246 g/mol. The fourth-order valence-electron chi connectivity index (χ4n) is 2.10. The number of nitrogens with one attached hydrogen (secondary N) is 1. The highest BCUT2D eigenvalue weighted by Crippen LogP contribution is 2.20. The van der Waals surface area contributed by atoms with Crippen LogP contribution in [-0.4, -0.2) is 43.5 Å². The monoisotopic (exact) mass is 265 g/mol. The van der Waals surface area contributed by atoms with E-state index in [1.807, 2.05) is 6.07 Å². The van der Waals surface area contributed by atoms with Crippen LogP contribution < -0.4 is 10.1 Å². The number of methoxy groups -OCH3 is 1. The summed E-state index contributed by atoms with van der Waals surface area (Å²) in [5, 5.41) is 13.0. The van der Waals surface area contributed by atoms with Crippen LogP contribution in [-0.2, 0) is 4.74 Å². The van der Waals surface area contributed by atoms with Gasteiger partial charge in [0.1, 0.15) is 5.75 Å². The van der Waals surface area contributed by atoms with E-state index in [1.165, 1.54) is 7.11 Å². The third-order valence-corrected chi connectivity index (χ3v) is 3.35. The van der Waals surface area contributed by atoms with Crippen molar-refractivity contribution in [2.24, 2.45) is 0 Å². The second-order valence-electron chi connectivity index (χ2n) is 4.72. The molecule has 0 aromatic heterocycles. The Kier molecular flexibility index (Phi) is 4.39. The van der Waals surface area contributed by atoms with Gasteiger partial charge in [0.15, 0.2) is 0 Å². The molecule has 1 aliphatic rings. The molecule has 0 unspecified atom stereocenters. The minimum Gasteiger partial charge on any atom is -0.496 e. The highest BCUT2D eigenvalue weighted by Gasteiger charge is 2.30. The van der Waals surface area contributed by atoms with Crippen molar-refractivity contribution in [1.29, 1.82) is 0 Å². The third kappa shape index (κ3) is 3.45. The second-order valence-corrected chi connectivity index (χ2v) is 4.72. The molecule has 104 valence electrons. The van der Waals surface area contributed by atoms with Crippen molar-refractivity contribution in [3.63, 3.8) is 0 Å². The molecule has 0 spiro atoms. The van der Waals surface area contributed by atoms with Gasteiger partial charge in [-0.3, -0.25) is 4.79 Å². The van der Waals surface area contributed by atoms with Gasteiger partial charge in [0.05, 0.1) is 18.3 Å². The summed E-state index contributed by atoms with van der Waals surface area (Å²) in [6.45, 7) is 1.29. The smallest absolute Gasteiger partial charge is 0.255 e. The molecule has 1 aromatic rings. The number of carbonyl (C=O) groups excluding carboxylic acids is 1. The molecule has 1 aliphatic heterocycles. The van der Waals surface area contributed by atoms with Crippen molar-refractivity contribution in [3.05, 3.63) is 29.8 Å².